The van der Waals surface area contributed by atoms with Crippen LogP contribution in [0.25, 0.3) is 0 Å². The van der Waals surface area contributed by atoms with Crippen molar-refractivity contribution >= 4 is 0 Å². The molecule has 2 N–H and O–H groups in total. The van der Waals surface area contributed by atoms with Gasteiger partial charge in [-0.15, -0.1) is 0 Å². The SMILES string of the molecule is COC1CC(NCC2CCCCCN2)C1(C)C. The first-order valence-electron chi connectivity index (χ1n) is 7.14. The summed E-state index contributed by atoms with van der Waals surface area (Å²) in [5.41, 5.74) is 0.291. The van der Waals surface area contributed by atoms with E-state index >= 15 is 0 Å². The molecule has 100 valence electrons. The smallest absolute Gasteiger partial charge is 0.0652 e. The van der Waals surface area contributed by atoms with Gasteiger partial charge in [-0.2, -0.15) is 0 Å². The van der Waals surface area contributed by atoms with E-state index in [-0.39, 0.29) is 0 Å². The van der Waals surface area contributed by atoms with Gasteiger partial charge in [-0.05, 0) is 25.8 Å². The lowest BCUT2D eigenvalue weighted by atomic mass is 9.64. The molecule has 1 heterocycles. The van der Waals surface area contributed by atoms with Gasteiger partial charge in [0, 0.05) is 31.2 Å². The number of hydrogen-bond donors (Lipinski definition) is 2. The molecular formula is C14H28N2O. The zero-order valence-electron chi connectivity index (χ0n) is 11.6. The molecule has 0 spiro atoms. The highest BCUT2D eigenvalue weighted by atomic mass is 16.5. The molecule has 3 nitrogen and oxygen atoms in total. The summed E-state index contributed by atoms with van der Waals surface area (Å²) in [6.45, 7) is 6.93. The molecule has 2 rings (SSSR count). The summed E-state index contributed by atoms with van der Waals surface area (Å²) < 4.78 is 5.49. The second-order valence-corrected chi connectivity index (χ2v) is 6.24. The van der Waals surface area contributed by atoms with Crippen molar-refractivity contribution in [1.82, 2.24) is 10.6 Å². The Morgan fingerprint density at radius 3 is 2.82 bits per heavy atom. The van der Waals surface area contributed by atoms with Crippen molar-refractivity contribution in [1.29, 1.82) is 0 Å². The number of nitrogens with one attached hydrogen (secondary N) is 2. The van der Waals surface area contributed by atoms with Crippen molar-refractivity contribution in [3.8, 4) is 0 Å². The largest absolute Gasteiger partial charge is 0.381 e. The maximum absolute atomic E-state index is 5.49. The molecule has 3 heteroatoms. The highest BCUT2D eigenvalue weighted by Gasteiger charge is 2.48. The Balaban J connectivity index is 1.72. The minimum atomic E-state index is 0.291. The van der Waals surface area contributed by atoms with Gasteiger partial charge in [0.15, 0.2) is 0 Å². The van der Waals surface area contributed by atoms with Crippen molar-refractivity contribution in [2.24, 2.45) is 5.41 Å². The molecule has 17 heavy (non-hydrogen) atoms. The molecule has 2 aliphatic rings. The molecule has 1 saturated heterocycles. The van der Waals surface area contributed by atoms with E-state index in [0.29, 0.717) is 23.6 Å². The highest BCUT2D eigenvalue weighted by molar-refractivity contribution is 5.02. The third-order valence-corrected chi connectivity index (χ3v) is 4.74. The minimum absolute atomic E-state index is 0.291. The van der Waals surface area contributed by atoms with E-state index in [0.717, 1.165) is 13.0 Å². The molecule has 0 radical (unpaired) electrons. The Morgan fingerprint density at radius 1 is 1.29 bits per heavy atom. The lowest BCUT2D eigenvalue weighted by Gasteiger charge is -2.51. The summed E-state index contributed by atoms with van der Waals surface area (Å²) in [5.74, 6) is 0. The monoisotopic (exact) mass is 240 g/mol. The van der Waals surface area contributed by atoms with Gasteiger partial charge in [0.25, 0.3) is 0 Å². The van der Waals surface area contributed by atoms with Crippen LogP contribution in [0, 0.1) is 5.41 Å². The quantitative estimate of drug-likeness (QED) is 0.787. The number of ether oxygens (including phenoxy) is 1. The molecule has 0 aromatic carbocycles. The topological polar surface area (TPSA) is 33.3 Å². The zero-order chi connectivity index (χ0) is 12.3. The average molecular weight is 240 g/mol. The number of hydrogen-bond acceptors (Lipinski definition) is 3. The average Bonchev–Trinajstić information content (AvgIpc) is 2.56. The predicted octanol–water partition coefficient (Wildman–Crippen LogP) is 1.92. The van der Waals surface area contributed by atoms with Crippen LogP contribution in [0.5, 0.6) is 0 Å². The lowest BCUT2D eigenvalue weighted by molar-refractivity contribution is -0.0977. The van der Waals surface area contributed by atoms with Crippen molar-refractivity contribution in [2.45, 2.75) is 64.1 Å². The molecule has 0 aromatic heterocycles. The lowest BCUT2D eigenvalue weighted by Crippen LogP contribution is -2.62. The second-order valence-electron chi connectivity index (χ2n) is 6.24. The molecule has 0 bridgehead atoms. The summed E-state index contributed by atoms with van der Waals surface area (Å²) in [6.07, 6.45) is 7.04. The van der Waals surface area contributed by atoms with E-state index in [4.69, 9.17) is 4.74 Å². The van der Waals surface area contributed by atoms with Gasteiger partial charge in [0.1, 0.15) is 0 Å². The fraction of sp³-hybridized carbons (Fsp3) is 1.00. The standard InChI is InChI=1S/C14H28N2O/c1-14(2)12(9-13(14)17-3)16-10-11-7-5-4-6-8-15-11/h11-13,15-16H,4-10H2,1-3H3. The fourth-order valence-corrected chi connectivity index (χ4v) is 3.19. The molecule has 3 atom stereocenters. The molecule has 3 unspecified atom stereocenters. The zero-order valence-corrected chi connectivity index (χ0v) is 11.6. The van der Waals surface area contributed by atoms with Gasteiger partial charge in [-0.1, -0.05) is 26.7 Å². The Kier molecular flexibility index (Phi) is 4.45. The highest BCUT2D eigenvalue weighted by Crippen LogP contribution is 2.42. The maximum Gasteiger partial charge on any atom is 0.0652 e. The molecular weight excluding hydrogens is 212 g/mol. The molecule has 2 fully saturated rings. The normalized spacial score (nSPS) is 37.2. The first kappa shape index (κ1) is 13.3. The third kappa shape index (κ3) is 3.01. The Labute approximate surface area is 106 Å². The summed E-state index contributed by atoms with van der Waals surface area (Å²) in [6, 6.07) is 1.30. The summed E-state index contributed by atoms with van der Waals surface area (Å²) >= 11 is 0. The van der Waals surface area contributed by atoms with Crippen LogP contribution in [0.15, 0.2) is 0 Å². The maximum atomic E-state index is 5.49. The first-order valence-corrected chi connectivity index (χ1v) is 7.14. The summed E-state index contributed by atoms with van der Waals surface area (Å²) in [7, 11) is 1.83. The van der Waals surface area contributed by atoms with Crippen molar-refractivity contribution in [2.75, 3.05) is 20.2 Å². The van der Waals surface area contributed by atoms with E-state index in [1.165, 1.54) is 32.2 Å². The van der Waals surface area contributed by atoms with Crippen LogP contribution < -0.4 is 10.6 Å². The van der Waals surface area contributed by atoms with Gasteiger partial charge in [0.2, 0.25) is 0 Å². The van der Waals surface area contributed by atoms with Gasteiger partial charge >= 0.3 is 0 Å². The molecule has 1 aliphatic carbocycles. The van der Waals surface area contributed by atoms with Gasteiger partial charge < -0.3 is 15.4 Å². The Morgan fingerprint density at radius 2 is 2.12 bits per heavy atom. The number of methoxy groups -OCH3 is 1. The van der Waals surface area contributed by atoms with Crippen LogP contribution in [0.1, 0.15) is 46.0 Å². The Hall–Kier alpha value is -0.120. The van der Waals surface area contributed by atoms with Crippen LogP contribution in [0.3, 0.4) is 0 Å². The third-order valence-electron chi connectivity index (χ3n) is 4.74. The van der Waals surface area contributed by atoms with Crippen LogP contribution in [0.4, 0.5) is 0 Å². The molecule has 0 amide bonds. The van der Waals surface area contributed by atoms with Crippen LogP contribution in [0.2, 0.25) is 0 Å². The second kappa shape index (κ2) is 5.68. The van der Waals surface area contributed by atoms with Gasteiger partial charge in [-0.25, -0.2) is 0 Å². The van der Waals surface area contributed by atoms with Crippen LogP contribution in [-0.4, -0.2) is 38.4 Å². The van der Waals surface area contributed by atoms with Crippen molar-refractivity contribution in [3.05, 3.63) is 0 Å². The van der Waals surface area contributed by atoms with Gasteiger partial charge in [0.05, 0.1) is 6.10 Å². The van der Waals surface area contributed by atoms with Crippen LogP contribution >= 0.6 is 0 Å². The van der Waals surface area contributed by atoms with Crippen molar-refractivity contribution in [3.63, 3.8) is 0 Å². The first-order chi connectivity index (χ1) is 8.14. The summed E-state index contributed by atoms with van der Waals surface area (Å²) in [4.78, 5) is 0. The van der Waals surface area contributed by atoms with E-state index in [1.54, 1.807) is 0 Å². The summed E-state index contributed by atoms with van der Waals surface area (Å²) in [5, 5.41) is 7.37. The fourth-order valence-electron chi connectivity index (χ4n) is 3.19. The molecule has 1 saturated carbocycles. The van der Waals surface area contributed by atoms with E-state index < -0.39 is 0 Å². The van der Waals surface area contributed by atoms with E-state index in [9.17, 15) is 0 Å². The molecule has 0 aromatic rings. The van der Waals surface area contributed by atoms with Crippen LogP contribution in [-0.2, 0) is 4.74 Å². The minimum Gasteiger partial charge on any atom is -0.381 e. The van der Waals surface area contributed by atoms with Gasteiger partial charge in [-0.3, -0.25) is 0 Å². The van der Waals surface area contributed by atoms with E-state index in [1.807, 2.05) is 7.11 Å². The molecule has 1 aliphatic heterocycles. The predicted molar refractivity (Wildman–Crippen MR) is 71.2 cm³/mol. The van der Waals surface area contributed by atoms with Crippen molar-refractivity contribution < 1.29 is 4.74 Å². The van der Waals surface area contributed by atoms with E-state index in [2.05, 4.69) is 24.5 Å². The Bertz CT molecular complexity index is 234. The number of rotatable bonds is 4.